The number of quaternary nitrogens is 1. The van der Waals surface area contributed by atoms with E-state index < -0.39 is 31.5 Å². The van der Waals surface area contributed by atoms with E-state index in [0.29, 0.717) is 35.5 Å². The highest BCUT2D eigenvalue weighted by Gasteiger charge is 2.60. The molecule has 2 N–H and O–H groups in total. The van der Waals surface area contributed by atoms with Gasteiger partial charge >= 0.3 is 32.0 Å². The lowest BCUT2D eigenvalue weighted by molar-refractivity contribution is -0.658. The summed E-state index contributed by atoms with van der Waals surface area (Å²) in [7, 11) is -9.09. The second-order valence-electron chi connectivity index (χ2n) is 11.0. The van der Waals surface area contributed by atoms with Crippen molar-refractivity contribution in [1.29, 1.82) is 0 Å². The average molecular weight is 633 g/mol. The second-order valence-corrected chi connectivity index (χ2v) is 14.0. The van der Waals surface area contributed by atoms with Crippen LogP contribution in [-0.4, -0.2) is 37.9 Å². The first-order chi connectivity index (χ1) is 21.0. The normalized spacial score (nSPS) is 20.8. The highest BCUT2D eigenvalue weighted by Crippen LogP contribution is 2.53. The monoisotopic (exact) mass is 632 g/mol. The molecule has 0 bridgehead atoms. The molecule has 1 spiro atoms. The molecular weight excluding hydrogens is 604 g/mol. The lowest BCUT2D eigenvalue weighted by atomic mass is 10.0. The fourth-order valence-electron chi connectivity index (χ4n) is 6.39. The fourth-order valence-corrected chi connectivity index (χ4v) is 8.22. The zero-order valence-corrected chi connectivity index (χ0v) is 24.9. The number of ether oxygens (including phenoxy) is 1. The second kappa shape index (κ2) is 10.4. The van der Waals surface area contributed by atoms with Gasteiger partial charge in [0.15, 0.2) is 17.5 Å². The van der Waals surface area contributed by atoms with Gasteiger partial charge in [0.2, 0.25) is 11.0 Å². The number of oxazole rings is 1. The maximum Gasteiger partial charge on any atom is 0.384 e. The summed E-state index contributed by atoms with van der Waals surface area (Å²) in [4.78, 5) is 0. The van der Waals surface area contributed by atoms with E-state index in [1.54, 1.807) is 18.2 Å². The van der Waals surface area contributed by atoms with Crippen molar-refractivity contribution in [3.05, 3.63) is 109 Å². The van der Waals surface area contributed by atoms with Crippen molar-refractivity contribution in [3.8, 4) is 28.0 Å². The van der Waals surface area contributed by atoms with E-state index in [1.807, 2.05) is 78.9 Å². The third-order valence-electron chi connectivity index (χ3n) is 8.28. The van der Waals surface area contributed by atoms with Crippen LogP contribution in [0.5, 0.6) is 5.75 Å². The number of aromatic nitrogens is 1. The van der Waals surface area contributed by atoms with E-state index in [-0.39, 0.29) is 22.7 Å². The number of benzene rings is 4. The molecule has 1 aromatic heterocycles. The van der Waals surface area contributed by atoms with Crippen LogP contribution in [0.1, 0.15) is 18.7 Å². The molecule has 5 aromatic rings. The van der Waals surface area contributed by atoms with E-state index in [9.17, 15) is 25.9 Å². The van der Waals surface area contributed by atoms with Gasteiger partial charge in [-0.25, -0.2) is 4.48 Å². The van der Waals surface area contributed by atoms with Crippen molar-refractivity contribution in [1.82, 2.24) is 4.48 Å². The predicted octanol–water partition coefficient (Wildman–Crippen LogP) is 5.61. The van der Waals surface area contributed by atoms with Crippen LogP contribution in [0.25, 0.3) is 39.4 Å². The molecule has 3 heterocycles. The standard InChI is InChI=1S/C32H26N2O8S2/c35-43(36,37)21-33-26-18-24(22-8-3-1-4-9-22)13-15-28(26)41-30(33)20-31-34(17-7-12-32(34)44(38,39)40)27-19-25(14-16-29(27)42-31)23-10-5-2-6-11-23/h1-6,8-11,13-16,18-20,32H,7,12,17,21H2/p+2. The minimum absolute atomic E-state index is 0.0208. The first-order valence-corrected chi connectivity index (χ1v) is 17.1. The summed E-state index contributed by atoms with van der Waals surface area (Å²) in [5.41, 5.74) is 4.77. The van der Waals surface area contributed by atoms with Gasteiger partial charge in [0.25, 0.3) is 11.4 Å². The Hall–Kier alpha value is -4.33. The van der Waals surface area contributed by atoms with Gasteiger partial charge in [-0.15, -0.1) is 4.57 Å². The van der Waals surface area contributed by atoms with Gasteiger partial charge in [0.05, 0.1) is 6.54 Å². The van der Waals surface area contributed by atoms with Crippen molar-refractivity contribution >= 4 is 43.1 Å². The highest BCUT2D eigenvalue weighted by molar-refractivity contribution is 7.86. The fraction of sp³-hybridized carbons (Fsp3) is 0.156. The topological polar surface area (TPSA) is 135 Å². The third-order valence-corrected chi connectivity index (χ3v) is 10.1. The lowest BCUT2D eigenvalue weighted by Gasteiger charge is -2.31. The average Bonchev–Trinajstić information content (AvgIpc) is 3.68. The van der Waals surface area contributed by atoms with Crippen LogP contribution in [-0.2, 0) is 26.1 Å². The number of fused-ring (bicyclic) bond motifs is 3. The Morgan fingerprint density at radius 1 is 0.818 bits per heavy atom. The molecule has 0 aliphatic carbocycles. The predicted molar refractivity (Wildman–Crippen MR) is 165 cm³/mol. The summed E-state index contributed by atoms with van der Waals surface area (Å²) in [6.45, 7) is 0.304. The minimum atomic E-state index is -4.56. The van der Waals surface area contributed by atoms with Crippen LogP contribution in [0.3, 0.4) is 0 Å². The van der Waals surface area contributed by atoms with Gasteiger partial charge in [-0.3, -0.25) is 9.11 Å². The van der Waals surface area contributed by atoms with E-state index >= 15 is 0 Å². The largest absolute Gasteiger partial charge is 0.406 e. The Morgan fingerprint density at radius 3 is 2.09 bits per heavy atom. The van der Waals surface area contributed by atoms with Gasteiger partial charge in [0.1, 0.15) is 0 Å². The molecule has 1 saturated heterocycles. The van der Waals surface area contributed by atoms with Gasteiger partial charge < -0.3 is 9.15 Å². The van der Waals surface area contributed by atoms with Crippen LogP contribution in [0, 0.1) is 0 Å². The summed E-state index contributed by atoms with van der Waals surface area (Å²) in [6.07, 6.45) is 2.12. The maximum atomic E-state index is 12.8. The van der Waals surface area contributed by atoms with Crippen LogP contribution >= 0.6 is 0 Å². The van der Waals surface area contributed by atoms with Crippen LogP contribution in [0.2, 0.25) is 0 Å². The van der Waals surface area contributed by atoms with Crippen molar-refractivity contribution in [3.63, 3.8) is 0 Å². The SMILES string of the molecule is O=S(=O)(O)C[n+]1c(C=C2Oc3ccc(-c4ccccc4)cc3[N+]23CCCC3S(=O)(=O)O)oc2ccc(-c3ccccc3)cc21. The van der Waals surface area contributed by atoms with Crippen molar-refractivity contribution in [2.75, 3.05) is 6.54 Å². The molecule has 0 saturated carbocycles. The Bertz CT molecular complexity index is 2160. The van der Waals surface area contributed by atoms with E-state index in [2.05, 4.69) is 0 Å². The molecule has 10 nitrogen and oxygen atoms in total. The maximum absolute atomic E-state index is 12.8. The molecule has 0 amide bonds. The number of rotatable bonds is 6. The first-order valence-electron chi connectivity index (χ1n) is 13.9. The molecular formula is C32H28N2O8S2+2. The molecule has 7 rings (SSSR count). The Morgan fingerprint density at radius 2 is 1.45 bits per heavy atom. The van der Waals surface area contributed by atoms with Gasteiger partial charge in [-0.2, -0.15) is 16.8 Å². The summed E-state index contributed by atoms with van der Waals surface area (Å²) in [6, 6.07) is 29.9. The summed E-state index contributed by atoms with van der Waals surface area (Å²) in [5.74, 6) is -0.232. The van der Waals surface area contributed by atoms with E-state index in [1.165, 1.54) is 10.6 Å². The van der Waals surface area contributed by atoms with Crippen molar-refractivity contribution < 1.29 is 39.7 Å². The molecule has 2 atom stereocenters. The molecule has 224 valence electrons. The van der Waals surface area contributed by atoms with Gasteiger partial charge in [0, 0.05) is 25.0 Å². The highest BCUT2D eigenvalue weighted by atomic mass is 32.2. The third kappa shape index (κ3) is 4.90. The van der Waals surface area contributed by atoms with Gasteiger partial charge in [-0.1, -0.05) is 72.8 Å². The zero-order chi connectivity index (χ0) is 30.7. The Labute approximate surface area is 254 Å². The zero-order valence-electron chi connectivity index (χ0n) is 23.3. The van der Waals surface area contributed by atoms with Crippen LogP contribution in [0.15, 0.2) is 107 Å². The summed E-state index contributed by atoms with van der Waals surface area (Å²) < 4.78 is 83.8. The molecule has 12 heteroatoms. The summed E-state index contributed by atoms with van der Waals surface area (Å²) in [5, 5.41) is -1.26. The van der Waals surface area contributed by atoms with Crippen LogP contribution in [0.4, 0.5) is 5.69 Å². The quantitative estimate of drug-likeness (QED) is 0.140. The molecule has 2 unspecified atom stereocenters. The minimum Gasteiger partial charge on any atom is -0.406 e. The lowest BCUT2D eigenvalue weighted by Crippen LogP contribution is -2.54. The molecule has 1 fully saturated rings. The molecule has 4 aromatic carbocycles. The van der Waals surface area contributed by atoms with Gasteiger partial charge in [-0.05, 0) is 34.4 Å². The molecule has 44 heavy (non-hydrogen) atoms. The smallest absolute Gasteiger partial charge is 0.384 e. The summed E-state index contributed by atoms with van der Waals surface area (Å²) >= 11 is 0. The van der Waals surface area contributed by atoms with Crippen molar-refractivity contribution in [2.24, 2.45) is 0 Å². The Kier molecular flexibility index (Phi) is 6.72. The van der Waals surface area contributed by atoms with Crippen molar-refractivity contribution in [2.45, 2.75) is 24.1 Å². The number of hydrogen-bond acceptors (Lipinski definition) is 6. The molecule has 2 aliphatic heterocycles. The van der Waals surface area contributed by atoms with E-state index in [4.69, 9.17) is 9.15 Å². The first kappa shape index (κ1) is 28.4. The Balaban J connectivity index is 1.44. The number of nitrogens with zero attached hydrogens (tertiary/aromatic N) is 2. The molecule has 0 radical (unpaired) electrons. The molecule has 2 aliphatic rings. The number of hydrogen-bond donors (Lipinski definition) is 2. The van der Waals surface area contributed by atoms with Crippen LogP contribution < -0.4 is 13.8 Å². The van der Waals surface area contributed by atoms with E-state index in [0.717, 1.165) is 22.3 Å².